The van der Waals surface area contributed by atoms with Crippen LogP contribution in [0.2, 0.25) is 0 Å². The van der Waals surface area contributed by atoms with Crippen LogP contribution in [0, 0.1) is 6.92 Å². The van der Waals surface area contributed by atoms with Crippen molar-refractivity contribution < 1.29 is 19.1 Å². The van der Waals surface area contributed by atoms with Crippen LogP contribution in [-0.4, -0.2) is 16.1 Å². The highest BCUT2D eigenvalue weighted by molar-refractivity contribution is 5.88. The highest BCUT2D eigenvalue weighted by Crippen LogP contribution is 2.15. The third kappa shape index (κ3) is 2.95. The summed E-state index contributed by atoms with van der Waals surface area (Å²) in [5.74, 6) is -0.0916. The van der Waals surface area contributed by atoms with E-state index in [2.05, 4.69) is 4.98 Å². The molecule has 0 aromatic carbocycles. The van der Waals surface area contributed by atoms with Crippen molar-refractivity contribution in [3.63, 3.8) is 0 Å². The van der Waals surface area contributed by atoms with E-state index in [4.69, 9.17) is 14.3 Å². The van der Waals surface area contributed by atoms with Gasteiger partial charge in [0, 0.05) is 12.4 Å². The van der Waals surface area contributed by atoms with Gasteiger partial charge in [-0.3, -0.25) is 4.98 Å². The topological polar surface area (TPSA) is 72.6 Å². The zero-order chi connectivity index (χ0) is 13.0. The normalized spacial score (nSPS) is 10.5. The third-order valence-electron chi connectivity index (χ3n) is 2.44. The molecule has 1 N–H and O–H groups in total. The number of carboxylic acid groups (broad SMARTS) is 1. The Morgan fingerprint density at radius 3 is 2.94 bits per heavy atom. The van der Waals surface area contributed by atoms with Gasteiger partial charge >= 0.3 is 5.97 Å². The molecule has 0 bridgehead atoms. The lowest BCUT2D eigenvalue weighted by atomic mass is 10.2. The van der Waals surface area contributed by atoms with Gasteiger partial charge in [-0.05, 0) is 24.6 Å². The zero-order valence-corrected chi connectivity index (χ0v) is 9.92. The summed E-state index contributed by atoms with van der Waals surface area (Å²) >= 11 is 0. The highest BCUT2D eigenvalue weighted by Gasteiger charge is 2.13. The summed E-state index contributed by atoms with van der Waals surface area (Å²) in [4.78, 5) is 14.8. The van der Waals surface area contributed by atoms with Crippen molar-refractivity contribution in [1.29, 1.82) is 0 Å². The van der Waals surface area contributed by atoms with Gasteiger partial charge in [0.25, 0.3) is 0 Å². The van der Waals surface area contributed by atoms with Crippen LogP contribution < -0.4 is 0 Å². The number of rotatable bonds is 5. The molecule has 0 aliphatic carbocycles. The second-order valence-corrected chi connectivity index (χ2v) is 3.84. The molecular formula is C13H13NO4. The highest BCUT2D eigenvalue weighted by atomic mass is 16.5. The lowest BCUT2D eigenvalue weighted by Crippen LogP contribution is -1.95. The van der Waals surface area contributed by atoms with Crippen molar-refractivity contribution >= 4 is 5.97 Å². The Kier molecular flexibility index (Phi) is 3.74. The van der Waals surface area contributed by atoms with E-state index < -0.39 is 5.97 Å². The van der Waals surface area contributed by atoms with E-state index >= 15 is 0 Å². The summed E-state index contributed by atoms with van der Waals surface area (Å²) < 4.78 is 10.7. The van der Waals surface area contributed by atoms with Gasteiger partial charge in [0.05, 0.1) is 6.61 Å². The molecule has 18 heavy (non-hydrogen) atoms. The molecule has 2 aromatic heterocycles. The van der Waals surface area contributed by atoms with Gasteiger partial charge in [-0.15, -0.1) is 0 Å². The number of aromatic carboxylic acids is 1. The van der Waals surface area contributed by atoms with Crippen LogP contribution >= 0.6 is 0 Å². The average molecular weight is 247 g/mol. The minimum Gasteiger partial charge on any atom is -0.478 e. The molecule has 0 radical (unpaired) electrons. The third-order valence-corrected chi connectivity index (χ3v) is 2.44. The van der Waals surface area contributed by atoms with Crippen molar-refractivity contribution in [2.24, 2.45) is 0 Å². The summed E-state index contributed by atoms with van der Waals surface area (Å²) in [7, 11) is 0. The van der Waals surface area contributed by atoms with Crippen LogP contribution in [0.4, 0.5) is 0 Å². The summed E-state index contributed by atoms with van der Waals surface area (Å²) in [5, 5.41) is 8.87. The molecule has 2 aromatic rings. The molecular weight excluding hydrogens is 234 g/mol. The predicted molar refractivity (Wildman–Crippen MR) is 63.1 cm³/mol. The van der Waals surface area contributed by atoms with Crippen LogP contribution in [0.5, 0.6) is 0 Å². The molecule has 94 valence electrons. The largest absolute Gasteiger partial charge is 0.478 e. The maximum Gasteiger partial charge on any atom is 0.339 e. The van der Waals surface area contributed by atoms with Gasteiger partial charge in [-0.25, -0.2) is 4.79 Å². The number of carboxylic acids is 1. The minimum atomic E-state index is -0.991. The molecule has 5 nitrogen and oxygen atoms in total. The second-order valence-electron chi connectivity index (χ2n) is 3.84. The van der Waals surface area contributed by atoms with E-state index in [0.717, 1.165) is 5.56 Å². The van der Waals surface area contributed by atoms with Crippen molar-refractivity contribution in [2.75, 3.05) is 0 Å². The summed E-state index contributed by atoms with van der Waals surface area (Å²) in [6.07, 6.45) is 3.41. The van der Waals surface area contributed by atoms with Crippen molar-refractivity contribution in [3.05, 3.63) is 53.2 Å². The minimum absolute atomic E-state index is 0.176. The lowest BCUT2D eigenvalue weighted by Gasteiger charge is -2.01. The molecule has 0 fully saturated rings. The van der Waals surface area contributed by atoms with Crippen molar-refractivity contribution in [3.8, 4) is 0 Å². The first kappa shape index (κ1) is 12.3. The van der Waals surface area contributed by atoms with Crippen LogP contribution in [0.1, 0.15) is 27.4 Å². The Morgan fingerprint density at radius 2 is 2.33 bits per heavy atom. The van der Waals surface area contributed by atoms with Gasteiger partial charge in [0.15, 0.2) is 0 Å². The molecule has 0 spiro atoms. The number of aromatic nitrogens is 1. The molecule has 0 amide bonds. The number of ether oxygens (including phenoxy) is 1. The number of aryl methyl sites for hydroxylation is 1. The van der Waals surface area contributed by atoms with Gasteiger partial charge < -0.3 is 14.3 Å². The smallest absolute Gasteiger partial charge is 0.339 e. The molecule has 5 heteroatoms. The van der Waals surface area contributed by atoms with E-state index in [1.165, 1.54) is 6.07 Å². The molecule has 0 atom stereocenters. The van der Waals surface area contributed by atoms with E-state index in [1.54, 1.807) is 19.3 Å². The Labute approximate surface area is 104 Å². The summed E-state index contributed by atoms with van der Waals surface area (Å²) in [6.45, 7) is 2.27. The van der Waals surface area contributed by atoms with E-state index in [9.17, 15) is 4.79 Å². The van der Waals surface area contributed by atoms with Crippen molar-refractivity contribution in [1.82, 2.24) is 4.98 Å². The average Bonchev–Trinajstić information content (AvgIpc) is 2.72. The fourth-order valence-corrected chi connectivity index (χ4v) is 1.58. The Balaban J connectivity index is 1.91. The van der Waals surface area contributed by atoms with Gasteiger partial charge in [-0.2, -0.15) is 0 Å². The number of pyridine rings is 1. The van der Waals surface area contributed by atoms with E-state index in [1.807, 2.05) is 12.1 Å². The van der Waals surface area contributed by atoms with Gasteiger partial charge in [0.2, 0.25) is 0 Å². The number of furan rings is 1. The van der Waals surface area contributed by atoms with Crippen LogP contribution in [-0.2, 0) is 18.0 Å². The molecule has 0 saturated carbocycles. The lowest BCUT2D eigenvalue weighted by molar-refractivity contribution is 0.0695. The maximum absolute atomic E-state index is 10.8. The van der Waals surface area contributed by atoms with Crippen LogP contribution in [0.15, 0.2) is 35.0 Å². The Hall–Kier alpha value is -2.14. The SMILES string of the molecule is Cc1oc(COCc2cccnc2)cc1C(=O)O. The Morgan fingerprint density at radius 1 is 1.50 bits per heavy atom. The number of hydrogen-bond acceptors (Lipinski definition) is 4. The molecule has 2 heterocycles. The first-order chi connectivity index (χ1) is 8.66. The fourth-order valence-electron chi connectivity index (χ4n) is 1.58. The predicted octanol–water partition coefficient (Wildman–Crippen LogP) is 2.40. The molecule has 0 unspecified atom stereocenters. The summed E-state index contributed by atoms with van der Waals surface area (Å²) in [6, 6.07) is 5.22. The van der Waals surface area contributed by atoms with Crippen LogP contribution in [0.25, 0.3) is 0 Å². The molecule has 0 aliphatic rings. The zero-order valence-electron chi connectivity index (χ0n) is 9.92. The number of hydrogen-bond donors (Lipinski definition) is 1. The molecule has 0 saturated heterocycles. The van der Waals surface area contributed by atoms with Gasteiger partial charge in [-0.1, -0.05) is 6.07 Å². The second kappa shape index (κ2) is 5.46. The summed E-state index contributed by atoms with van der Waals surface area (Å²) in [5.41, 5.74) is 1.13. The quantitative estimate of drug-likeness (QED) is 0.878. The molecule has 2 rings (SSSR count). The Bertz CT molecular complexity index is 533. The number of nitrogens with zero attached hydrogens (tertiary/aromatic N) is 1. The molecule has 0 aliphatic heterocycles. The fraction of sp³-hybridized carbons (Fsp3) is 0.231. The standard InChI is InChI=1S/C13H13NO4/c1-9-12(13(15)16)5-11(18-9)8-17-7-10-3-2-4-14-6-10/h2-6H,7-8H2,1H3,(H,15,16). The maximum atomic E-state index is 10.8. The first-order valence-corrected chi connectivity index (χ1v) is 5.46. The van der Waals surface area contributed by atoms with Gasteiger partial charge in [0.1, 0.15) is 23.7 Å². The monoisotopic (exact) mass is 247 g/mol. The van der Waals surface area contributed by atoms with E-state index in [0.29, 0.717) is 18.1 Å². The first-order valence-electron chi connectivity index (χ1n) is 5.46. The number of carbonyl (C=O) groups is 1. The van der Waals surface area contributed by atoms with E-state index in [-0.39, 0.29) is 12.2 Å². The van der Waals surface area contributed by atoms with Crippen LogP contribution in [0.3, 0.4) is 0 Å². The van der Waals surface area contributed by atoms with Crippen molar-refractivity contribution in [2.45, 2.75) is 20.1 Å².